The molecule has 6 nitrogen and oxygen atoms in total. The minimum absolute atomic E-state index is 0.0875. The van der Waals surface area contributed by atoms with Gasteiger partial charge >= 0.3 is 0 Å². The van der Waals surface area contributed by atoms with Crippen LogP contribution in [0.15, 0.2) is 53.2 Å². The third-order valence-electron chi connectivity index (χ3n) is 3.91. The molecule has 1 aliphatic rings. The fourth-order valence-electron chi connectivity index (χ4n) is 2.60. The highest BCUT2D eigenvalue weighted by atomic mass is 16.5. The number of aromatic hydroxyl groups is 1. The van der Waals surface area contributed by atoms with Crippen molar-refractivity contribution >= 4 is 17.8 Å². The Morgan fingerprint density at radius 3 is 2.24 bits per heavy atom. The normalized spacial score (nSPS) is 15.5. The third-order valence-corrected chi connectivity index (χ3v) is 3.91. The molecule has 0 atom stereocenters. The van der Waals surface area contributed by atoms with E-state index in [4.69, 9.17) is 9.47 Å². The molecule has 3 rings (SSSR count). The lowest BCUT2D eigenvalue weighted by atomic mass is 10.1. The summed E-state index contributed by atoms with van der Waals surface area (Å²) in [6.45, 7) is 0. The van der Waals surface area contributed by atoms with E-state index in [1.807, 2.05) is 30.3 Å². The van der Waals surface area contributed by atoms with E-state index in [9.17, 15) is 9.90 Å². The largest absolute Gasteiger partial charge is 0.502 e. The molecule has 1 heterocycles. The number of hydrogen-bond acceptors (Lipinski definition) is 5. The average Bonchev–Trinajstić information content (AvgIpc) is 2.92. The van der Waals surface area contributed by atoms with E-state index in [2.05, 4.69) is 4.99 Å². The summed E-state index contributed by atoms with van der Waals surface area (Å²) in [5, 5.41) is 9.99. The van der Waals surface area contributed by atoms with E-state index in [0.29, 0.717) is 17.1 Å². The summed E-state index contributed by atoms with van der Waals surface area (Å²) < 4.78 is 10.3. The standard InChI is InChI=1S/C19H18N2O4/c1-21-18(13-7-5-4-6-8-13)20-14(19(21)23)9-12-10-15(24-2)17(22)16(11-12)25-3/h4-11,22H,1-3H3/b14-9+. The summed E-state index contributed by atoms with van der Waals surface area (Å²) >= 11 is 0. The number of likely N-dealkylation sites (N-methyl/N-ethyl adjacent to an activating group) is 1. The second-order valence-electron chi connectivity index (χ2n) is 5.47. The third kappa shape index (κ3) is 3.06. The number of amidine groups is 1. The maximum atomic E-state index is 12.5. The van der Waals surface area contributed by atoms with Crippen LogP contribution in [0, 0.1) is 0 Å². The predicted octanol–water partition coefficient (Wildman–Crippen LogP) is 2.67. The van der Waals surface area contributed by atoms with Crippen molar-refractivity contribution in [1.82, 2.24) is 4.90 Å². The first kappa shape index (κ1) is 16.6. The summed E-state index contributed by atoms with van der Waals surface area (Å²) in [7, 11) is 4.59. The number of amides is 1. The zero-order valence-corrected chi connectivity index (χ0v) is 14.2. The second-order valence-corrected chi connectivity index (χ2v) is 5.47. The molecule has 1 amide bonds. The zero-order valence-electron chi connectivity index (χ0n) is 14.2. The summed E-state index contributed by atoms with van der Waals surface area (Å²) in [6, 6.07) is 12.7. The molecule has 0 saturated heterocycles. The molecule has 2 aromatic carbocycles. The van der Waals surface area contributed by atoms with Crippen molar-refractivity contribution in [2.75, 3.05) is 21.3 Å². The van der Waals surface area contributed by atoms with Gasteiger partial charge in [-0.3, -0.25) is 9.69 Å². The van der Waals surface area contributed by atoms with Gasteiger partial charge in [0.1, 0.15) is 11.5 Å². The Bertz CT molecular complexity index is 847. The van der Waals surface area contributed by atoms with Crippen LogP contribution in [0.3, 0.4) is 0 Å². The number of methoxy groups -OCH3 is 2. The summed E-state index contributed by atoms with van der Waals surface area (Å²) in [4.78, 5) is 18.5. The molecule has 0 unspecified atom stereocenters. The molecule has 6 heteroatoms. The number of phenols is 1. The minimum Gasteiger partial charge on any atom is -0.502 e. The van der Waals surface area contributed by atoms with Gasteiger partial charge in [-0.05, 0) is 23.8 Å². The first-order chi connectivity index (χ1) is 12.0. The lowest BCUT2D eigenvalue weighted by Gasteiger charge is -2.11. The number of aliphatic imine (C=N–C) groups is 1. The van der Waals surface area contributed by atoms with E-state index in [0.717, 1.165) is 5.56 Å². The van der Waals surface area contributed by atoms with Crippen molar-refractivity contribution < 1.29 is 19.4 Å². The van der Waals surface area contributed by atoms with Crippen molar-refractivity contribution in [1.29, 1.82) is 0 Å². The molecule has 0 radical (unpaired) electrons. The number of carbonyl (C=O) groups is 1. The quantitative estimate of drug-likeness (QED) is 0.870. The van der Waals surface area contributed by atoms with Crippen molar-refractivity contribution in [2.45, 2.75) is 0 Å². The number of carbonyl (C=O) groups excluding carboxylic acids is 1. The van der Waals surface area contributed by atoms with Crippen molar-refractivity contribution in [3.8, 4) is 17.2 Å². The highest BCUT2D eigenvalue weighted by Gasteiger charge is 2.27. The molecule has 0 fully saturated rings. The number of phenolic OH excluding ortho intramolecular Hbond substituents is 1. The Labute approximate surface area is 145 Å². The van der Waals surface area contributed by atoms with E-state index in [1.165, 1.54) is 19.1 Å². The summed E-state index contributed by atoms with van der Waals surface area (Å²) in [6.07, 6.45) is 1.64. The van der Waals surface area contributed by atoms with Crippen molar-refractivity contribution in [3.05, 3.63) is 59.3 Å². The van der Waals surface area contributed by atoms with Crippen molar-refractivity contribution in [3.63, 3.8) is 0 Å². The first-order valence-electron chi connectivity index (χ1n) is 7.64. The van der Waals surface area contributed by atoms with Crippen LogP contribution < -0.4 is 9.47 Å². The summed E-state index contributed by atoms with van der Waals surface area (Å²) in [5.74, 6) is 0.824. The Kier molecular flexibility index (Phi) is 4.43. The van der Waals surface area contributed by atoms with Gasteiger partial charge in [-0.2, -0.15) is 0 Å². The van der Waals surface area contributed by atoms with E-state index in [-0.39, 0.29) is 23.2 Å². The number of nitrogens with zero attached hydrogens (tertiary/aromatic N) is 2. The number of ether oxygens (including phenoxy) is 2. The first-order valence-corrected chi connectivity index (χ1v) is 7.64. The van der Waals surface area contributed by atoms with Gasteiger partial charge in [0.2, 0.25) is 5.75 Å². The van der Waals surface area contributed by atoms with Gasteiger partial charge in [0.15, 0.2) is 11.5 Å². The zero-order chi connectivity index (χ0) is 18.0. The van der Waals surface area contributed by atoms with Gasteiger partial charge in [-0.25, -0.2) is 4.99 Å². The second kappa shape index (κ2) is 6.68. The molecular formula is C19H18N2O4. The van der Waals surface area contributed by atoms with E-state index < -0.39 is 0 Å². The summed E-state index contributed by atoms with van der Waals surface area (Å²) in [5.41, 5.74) is 1.81. The predicted molar refractivity (Wildman–Crippen MR) is 94.9 cm³/mol. The number of benzene rings is 2. The molecular weight excluding hydrogens is 320 g/mol. The van der Waals surface area contributed by atoms with Crippen LogP contribution in [0.2, 0.25) is 0 Å². The topological polar surface area (TPSA) is 71.4 Å². The van der Waals surface area contributed by atoms with E-state index in [1.54, 1.807) is 25.3 Å². The van der Waals surface area contributed by atoms with Crippen LogP contribution in [0.5, 0.6) is 17.2 Å². The van der Waals surface area contributed by atoms with Gasteiger partial charge in [0.25, 0.3) is 5.91 Å². The minimum atomic E-state index is -0.204. The van der Waals surface area contributed by atoms with Crippen LogP contribution in [0.4, 0.5) is 0 Å². The van der Waals surface area contributed by atoms with Gasteiger partial charge in [-0.15, -0.1) is 0 Å². The molecule has 128 valence electrons. The smallest absolute Gasteiger partial charge is 0.277 e. The van der Waals surface area contributed by atoms with Crippen LogP contribution in [0.25, 0.3) is 6.08 Å². The van der Waals surface area contributed by atoms with Crippen LogP contribution in [-0.2, 0) is 4.79 Å². The van der Waals surface area contributed by atoms with Gasteiger partial charge in [0.05, 0.1) is 14.2 Å². The number of hydrogen-bond donors (Lipinski definition) is 1. The lowest BCUT2D eigenvalue weighted by molar-refractivity contribution is -0.121. The van der Waals surface area contributed by atoms with Crippen LogP contribution in [-0.4, -0.2) is 43.0 Å². The number of rotatable bonds is 4. The molecule has 2 aromatic rings. The molecule has 1 N–H and O–H groups in total. The maximum Gasteiger partial charge on any atom is 0.277 e. The highest BCUT2D eigenvalue weighted by molar-refractivity contribution is 6.19. The Hall–Kier alpha value is -3.28. The van der Waals surface area contributed by atoms with Crippen LogP contribution >= 0.6 is 0 Å². The molecule has 1 aliphatic heterocycles. The molecule has 25 heavy (non-hydrogen) atoms. The van der Waals surface area contributed by atoms with Gasteiger partial charge in [-0.1, -0.05) is 30.3 Å². The average molecular weight is 338 g/mol. The maximum absolute atomic E-state index is 12.5. The van der Waals surface area contributed by atoms with Crippen LogP contribution in [0.1, 0.15) is 11.1 Å². The highest BCUT2D eigenvalue weighted by Crippen LogP contribution is 2.38. The lowest BCUT2D eigenvalue weighted by Crippen LogP contribution is -2.28. The van der Waals surface area contributed by atoms with E-state index >= 15 is 0 Å². The fourth-order valence-corrected chi connectivity index (χ4v) is 2.60. The monoisotopic (exact) mass is 338 g/mol. The van der Waals surface area contributed by atoms with Gasteiger partial charge in [0, 0.05) is 12.6 Å². The molecule has 0 spiro atoms. The van der Waals surface area contributed by atoms with Crippen molar-refractivity contribution in [2.24, 2.45) is 4.99 Å². The molecule has 0 aliphatic carbocycles. The SMILES string of the molecule is COc1cc(/C=C2/N=C(c3ccccc3)N(C)C2=O)cc(OC)c1O. The molecule has 0 saturated carbocycles. The Balaban J connectivity index is 2.04. The Morgan fingerprint density at radius 2 is 1.68 bits per heavy atom. The van der Waals surface area contributed by atoms with Gasteiger partial charge < -0.3 is 14.6 Å². The Morgan fingerprint density at radius 1 is 1.08 bits per heavy atom. The molecule has 0 aromatic heterocycles. The fraction of sp³-hybridized carbons (Fsp3) is 0.158. The molecule has 0 bridgehead atoms.